The molecule has 27 heavy (non-hydrogen) atoms. The van der Waals surface area contributed by atoms with Crippen molar-refractivity contribution < 1.29 is 14.3 Å². The van der Waals surface area contributed by atoms with Gasteiger partial charge in [-0.1, -0.05) is 55.6 Å². The molecule has 0 aliphatic heterocycles. The van der Waals surface area contributed by atoms with Crippen molar-refractivity contribution in [1.82, 2.24) is 5.32 Å². The lowest BCUT2D eigenvalue weighted by molar-refractivity contribution is -0.146. The average molecular weight is 406 g/mol. The van der Waals surface area contributed by atoms with E-state index >= 15 is 0 Å². The highest BCUT2D eigenvalue weighted by Crippen LogP contribution is 2.33. The van der Waals surface area contributed by atoms with Crippen LogP contribution in [0.15, 0.2) is 41.3 Å². The number of amides is 1. The molecule has 0 bridgehead atoms. The molecule has 2 atom stereocenters. The summed E-state index contributed by atoms with van der Waals surface area (Å²) in [5, 5.41) is 5.61. The second-order valence-electron chi connectivity index (χ2n) is 6.98. The summed E-state index contributed by atoms with van der Waals surface area (Å²) in [7, 11) is 0. The summed E-state index contributed by atoms with van der Waals surface area (Å²) < 4.78 is 5.14. The van der Waals surface area contributed by atoms with E-state index in [1.54, 1.807) is 0 Å². The molecule has 1 fully saturated rings. The third-order valence-corrected chi connectivity index (χ3v) is 6.33. The summed E-state index contributed by atoms with van der Waals surface area (Å²) in [6, 6.07) is 11.8. The Morgan fingerprint density at radius 3 is 2.70 bits per heavy atom. The molecule has 1 N–H and O–H groups in total. The molecule has 1 aliphatic rings. The topological polar surface area (TPSA) is 55.4 Å². The van der Waals surface area contributed by atoms with E-state index in [1.165, 1.54) is 18.2 Å². The van der Waals surface area contributed by atoms with E-state index in [0.29, 0.717) is 10.9 Å². The van der Waals surface area contributed by atoms with Gasteiger partial charge in [-0.05, 0) is 36.3 Å². The number of fused-ring (bicyclic) bond motifs is 1. The van der Waals surface area contributed by atoms with Crippen LogP contribution in [0.3, 0.4) is 0 Å². The van der Waals surface area contributed by atoms with Crippen LogP contribution in [-0.2, 0) is 14.3 Å². The Bertz CT molecular complexity index is 821. The lowest BCUT2D eigenvalue weighted by atomic mass is 9.86. The predicted octanol–water partition coefficient (Wildman–Crippen LogP) is 4.82. The summed E-state index contributed by atoms with van der Waals surface area (Å²) in [5.41, 5.74) is 0. The molecule has 1 amide bonds. The lowest BCUT2D eigenvalue weighted by Crippen LogP contribution is -2.43. The van der Waals surface area contributed by atoms with E-state index in [1.807, 2.05) is 36.4 Å². The summed E-state index contributed by atoms with van der Waals surface area (Å²) >= 11 is 7.67. The zero-order valence-corrected chi connectivity index (χ0v) is 16.9. The van der Waals surface area contributed by atoms with Crippen molar-refractivity contribution in [1.29, 1.82) is 0 Å². The molecule has 0 heterocycles. The molecular weight excluding hydrogens is 382 g/mol. The van der Waals surface area contributed by atoms with Gasteiger partial charge in [0.15, 0.2) is 6.61 Å². The fourth-order valence-corrected chi connectivity index (χ4v) is 4.73. The first-order valence-corrected chi connectivity index (χ1v) is 10.7. The first-order chi connectivity index (χ1) is 13.0. The van der Waals surface area contributed by atoms with Crippen molar-refractivity contribution in [3.05, 3.63) is 41.4 Å². The number of hydrogen-bond donors (Lipinski definition) is 1. The zero-order chi connectivity index (χ0) is 19.2. The number of esters is 1. The zero-order valence-electron chi connectivity index (χ0n) is 15.4. The number of thioether (sulfide) groups is 1. The Balaban J connectivity index is 1.48. The molecule has 4 nitrogen and oxygen atoms in total. The molecule has 3 rings (SSSR count). The highest BCUT2D eigenvalue weighted by Gasteiger charge is 2.23. The maximum atomic E-state index is 12.0. The van der Waals surface area contributed by atoms with E-state index in [0.717, 1.165) is 34.9 Å². The van der Waals surface area contributed by atoms with Gasteiger partial charge in [-0.3, -0.25) is 9.59 Å². The van der Waals surface area contributed by atoms with Crippen LogP contribution in [0.1, 0.15) is 32.6 Å². The van der Waals surface area contributed by atoms with Gasteiger partial charge in [-0.15, -0.1) is 11.8 Å². The Hall–Kier alpha value is -1.72. The summed E-state index contributed by atoms with van der Waals surface area (Å²) in [4.78, 5) is 25.0. The van der Waals surface area contributed by atoms with Gasteiger partial charge in [0.25, 0.3) is 5.91 Å². The Morgan fingerprint density at radius 1 is 1.19 bits per heavy atom. The van der Waals surface area contributed by atoms with Crippen LogP contribution in [0, 0.1) is 5.92 Å². The molecule has 2 aromatic carbocycles. The van der Waals surface area contributed by atoms with Crippen molar-refractivity contribution in [2.45, 2.75) is 43.5 Å². The van der Waals surface area contributed by atoms with E-state index in [4.69, 9.17) is 16.3 Å². The molecule has 0 saturated heterocycles. The van der Waals surface area contributed by atoms with Gasteiger partial charge in [0.05, 0.1) is 5.75 Å². The van der Waals surface area contributed by atoms with Crippen molar-refractivity contribution in [3.63, 3.8) is 0 Å². The molecule has 144 valence electrons. The van der Waals surface area contributed by atoms with Crippen LogP contribution < -0.4 is 5.32 Å². The van der Waals surface area contributed by atoms with Gasteiger partial charge in [0, 0.05) is 21.3 Å². The third kappa shape index (κ3) is 5.39. The largest absolute Gasteiger partial charge is 0.455 e. The lowest BCUT2D eigenvalue weighted by Gasteiger charge is -2.29. The number of benzene rings is 2. The van der Waals surface area contributed by atoms with Gasteiger partial charge in [0.1, 0.15) is 0 Å². The van der Waals surface area contributed by atoms with Crippen LogP contribution in [0.2, 0.25) is 5.02 Å². The highest BCUT2D eigenvalue weighted by atomic mass is 35.5. The molecule has 0 unspecified atom stereocenters. The first kappa shape index (κ1) is 20.0. The van der Waals surface area contributed by atoms with Crippen molar-refractivity contribution in [3.8, 4) is 0 Å². The minimum Gasteiger partial charge on any atom is -0.455 e. The highest BCUT2D eigenvalue weighted by molar-refractivity contribution is 8.00. The fraction of sp³-hybridized carbons (Fsp3) is 0.429. The van der Waals surface area contributed by atoms with Crippen LogP contribution >= 0.6 is 23.4 Å². The number of carbonyl (C=O) groups excluding carboxylic acids is 2. The van der Waals surface area contributed by atoms with Gasteiger partial charge in [-0.25, -0.2) is 0 Å². The standard InChI is InChI=1S/C21H24ClNO3S/c1-14-6-2-3-10-17(14)23-19(24)12-26-20(25)13-27-18-11-5-8-15-7-4-9-16(22)21(15)18/h4-5,7-9,11,14,17H,2-3,6,10,12-13H2,1H3,(H,23,24)/t14-,17-/m1/s1. The van der Waals surface area contributed by atoms with Crippen molar-refractivity contribution in [2.24, 2.45) is 5.92 Å². The van der Waals surface area contributed by atoms with E-state index < -0.39 is 5.97 Å². The number of ether oxygens (including phenoxy) is 1. The maximum absolute atomic E-state index is 12.0. The number of nitrogens with one attached hydrogen (secondary N) is 1. The van der Waals surface area contributed by atoms with Crippen LogP contribution in [-0.4, -0.2) is 30.3 Å². The Morgan fingerprint density at radius 2 is 1.93 bits per heavy atom. The van der Waals surface area contributed by atoms with Gasteiger partial charge in [0.2, 0.25) is 0 Å². The molecule has 6 heteroatoms. The third-order valence-electron chi connectivity index (χ3n) is 4.98. The summed E-state index contributed by atoms with van der Waals surface area (Å²) in [6.07, 6.45) is 4.49. The first-order valence-electron chi connectivity index (χ1n) is 9.29. The smallest absolute Gasteiger partial charge is 0.316 e. The van der Waals surface area contributed by atoms with E-state index in [-0.39, 0.29) is 24.3 Å². The number of rotatable bonds is 6. The van der Waals surface area contributed by atoms with Gasteiger partial charge < -0.3 is 10.1 Å². The van der Waals surface area contributed by atoms with Gasteiger partial charge in [-0.2, -0.15) is 0 Å². The van der Waals surface area contributed by atoms with Crippen LogP contribution in [0.4, 0.5) is 0 Å². The Kier molecular flexibility index (Phi) is 7.02. The predicted molar refractivity (Wildman–Crippen MR) is 110 cm³/mol. The van der Waals surface area contributed by atoms with E-state index in [9.17, 15) is 9.59 Å². The monoisotopic (exact) mass is 405 g/mol. The second-order valence-corrected chi connectivity index (χ2v) is 8.40. The minimum atomic E-state index is -0.407. The minimum absolute atomic E-state index is 0.136. The van der Waals surface area contributed by atoms with Crippen LogP contribution in [0.25, 0.3) is 10.8 Å². The molecule has 0 aromatic heterocycles. The molecular formula is C21H24ClNO3S. The number of hydrogen-bond acceptors (Lipinski definition) is 4. The van der Waals surface area contributed by atoms with Crippen molar-refractivity contribution >= 4 is 46.0 Å². The SMILES string of the molecule is C[C@@H]1CCCC[C@H]1NC(=O)COC(=O)CSc1cccc2cccc(Cl)c12. The van der Waals surface area contributed by atoms with Crippen molar-refractivity contribution in [2.75, 3.05) is 12.4 Å². The molecule has 0 spiro atoms. The second kappa shape index (κ2) is 9.47. The fourth-order valence-electron chi connectivity index (χ4n) is 3.49. The maximum Gasteiger partial charge on any atom is 0.316 e. The normalized spacial score (nSPS) is 19.6. The number of carbonyl (C=O) groups is 2. The van der Waals surface area contributed by atoms with Crippen LogP contribution in [0.5, 0.6) is 0 Å². The van der Waals surface area contributed by atoms with E-state index in [2.05, 4.69) is 12.2 Å². The Labute approximate surface area is 169 Å². The molecule has 1 saturated carbocycles. The summed E-state index contributed by atoms with van der Waals surface area (Å²) in [5.74, 6) is -0.0152. The quantitative estimate of drug-likeness (QED) is 0.552. The molecule has 2 aromatic rings. The summed E-state index contributed by atoms with van der Waals surface area (Å²) in [6.45, 7) is 1.93. The molecule has 0 radical (unpaired) electrons. The number of halogens is 1. The molecule has 1 aliphatic carbocycles. The van der Waals surface area contributed by atoms with Gasteiger partial charge >= 0.3 is 5.97 Å². The average Bonchev–Trinajstić information content (AvgIpc) is 2.66.